The molecule has 0 fully saturated rings. The highest BCUT2D eigenvalue weighted by atomic mass is 16.2. The number of amides is 1. The summed E-state index contributed by atoms with van der Waals surface area (Å²) in [5.74, 6) is 5.54. The van der Waals surface area contributed by atoms with E-state index in [1.54, 1.807) is 6.92 Å². The summed E-state index contributed by atoms with van der Waals surface area (Å²) in [6.45, 7) is 8.20. The molecule has 0 aromatic carbocycles. The summed E-state index contributed by atoms with van der Waals surface area (Å²) >= 11 is 0. The molecule has 0 heterocycles. The molecule has 3 N–H and O–H groups in total. The third-order valence-electron chi connectivity index (χ3n) is 1.94. The Hall–Kier alpha value is -1.01. The van der Waals surface area contributed by atoms with Crippen LogP contribution in [0.2, 0.25) is 0 Å². The molecule has 0 aromatic heterocycles. The van der Waals surface area contributed by atoms with Gasteiger partial charge in [0.2, 0.25) is 5.91 Å². The number of nitrogens with two attached hydrogens (primary N) is 1. The Morgan fingerprint density at radius 2 is 2.07 bits per heavy atom. The van der Waals surface area contributed by atoms with Gasteiger partial charge in [-0.2, -0.15) is 0 Å². The van der Waals surface area contributed by atoms with Gasteiger partial charge in [0.05, 0.1) is 6.04 Å². The molecular weight excluding hydrogens is 176 g/mol. The first-order valence-corrected chi connectivity index (χ1v) is 4.82. The number of hydrogen-bond donors (Lipinski definition) is 2. The molecule has 0 aliphatic carbocycles. The molecule has 0 aromatic rings. The number of rotatable bonds is 3. The maximum atomic E-state index is 11.5. The van der Waals surface area contributed by atoms with Gasteiger partial charge in [0.25, 0.3) is 0 Å². The van der Waals surface area contributed by atoms with Gasteiger partial charge in [0, 0.05) is 13.0 Å². The second kappa shape index (κ2) is 5.66. The number of carbonyl (C=O) groups is 1. The number of carbonyl (C=O) groups excluding carboxylic acids is 1. The van der Waals surface area contributed by atoms with E-state index < -0.39 is 6.04 Å². The van der Waals surface area contributed by atoms with Crippen LogP contribution in [0.5, 0.6) is 0 Å². The minimum absolute atomic E-state index is 0.101. The maximum Gasteiger partial charge on any atom is 0.237 e. The van der Waals surface area contributed by atoms with Gasteiger partial charge in [-0.3, -0.25) is 4.79 Å². The Kier molecular flexibility index (Phi) is 5.26. The zero-order valence-corrected chi connectivity index (χ0v) is 9.48. The van der Waals surface area contributed by atoms with Crippen LogP contribution in [0.1, 0.15) is 34.1 Å². The molecule has 1 amide bonds. The van der Waals surface area contributed by atoms with Gasteiger partial charge in [0.15, 0.2) is 0 Å². The standard InChI is InChI=1S/C11H20N2O/c1-5-6-7-8-13-10(14)9(12)11(2,3)4/h9H,7-8,12H2,1-4H3,(H,13,14)/t9-/m1/s1. The molecule has 0 unspecified atom stereocenters. The van der Waals surface area contributed by atoms with Crippen LogP contribution in [-0.4, -0.2) is 18.5 Å². The van der Waals surface area contributed by atoms with Gasteiger partial charge in [-0.15, -0.1) is 11.8 Å². The van der Waals surface area contributed by atoms with E-state index in [9.17, 15) is 4.79 Å². The molecule has 0 aliphatic heterocycles. The zero-order chi connectivity index (χ0) is 11.2. The van der Waals surface area contributed by atoms with Crippen molar-refractivity contribution in [2.75, 3.05) is 6.54 Å². The summed E-state index contributed by atoms with van der Waals surface area (Å²) < 4.78 is 0. The van der Waals surface area contributed by atoms with Crippen molar-refractivity contribution in [3.05, 3.63) is 0 Å². The Labute approximate surface area is 86.4 Å². The second-order valence-corrected chi connectivity index (χ2v) is 4.31. The SMILES string of the molecule is CC#CCCNC(=O)[C@@H](N)C(C)(C)C. The first-order chi connectivity index (χ1) is 6.39. The van der Waals surface area contributed by atoms with Crippen LogP contribution in [0.4, 0.5) is 0 Å². The quantitative estimate of drug-likeness (QED) is 0.520. The van der Waals surface area contributed by atoms with Crippen LogP contribution in [0.3, 0.4) is 0 Å². The molecule has 3 nitrogen and oxygen atoms in total. The summed E-state index contributed by atoms with van der Waals surface area (Å²) in [5.41, 5.74) is 5.57. The molecule has 14 heavy (non-hydrogen) atoms. The van der Waals surface area contributed by atoms with E-state index in [0.717, 1.165) is 0 Å². The first kappa shape index (κ1) is 13.0. The van der Waals surface area contributed by atoms with Crippen molar-refractivity contribution in [2.24, 2.45) is 11.1 Å². The van der Waals surface area contributed by atoms with Crippen LogP contribution in [0, 0.1) is 17.3 Å². The number of hydrogen-bond acceptors (Lipinski definition) is 2. The topological polar surface area (TPSA) is 55.1 Å². The molecule has 0 radical (unpaired) electrons. The summed E-state index contributed by atoms with van der Waals surface area (Å²) in [5, 5.41) is 2.76. The lowest BCUT2D eigenvalue weighted by Crippen LogP contribution is -2.48. The molecule has 1 atom stereocenters. The van der Waals surface area contributed by atoms with Crippen molar-refractivity contribution in [3.63, 3.8) is 0 Å². The Morgan fingerprint density at radius 1 is 1.50 bits per heavy atom. The van der Waals surface area contributed by atoms with Crippen molar-refractivity contribution in [2.45, 2.75) is 40.2 Å². The predicted molar refractivity (Wildman–Crippen MR) is 58.5 cm³/mol. The smallest absolute Gasteiger partial charge is 0.237 e. The third kappa shape index (κ3) is 4.88. The number of nitrogens with one attached hydrogen (secondary N) is 1. The first-order valence-electron chi connectivity index (χ1n) is 4.82. The van der Waals surface area contributed by atoms with Crippen molar-refractivity contribution in [1.82, 2.24) is 5.32 Å². The van der Waals surface area contributed by atoms with Gasteiger partial charge in [-0.25, -0.2) is 0 Å². The molecule has 0 bridgehead atoms. The molecule has 0 spiro atoms. The van der Waals surface area contributed by atoms with E-state index in [0.29, 0.717) is 13.0 Å². The van der Waals surface area contributed by atoms with E-state index in [-0.39, 0.29) is 11.3 Å². The Morgan fingerprint density at radius 3 is 2.50 bits per heavy atom. The zero-order valence-electron chi connectivity index (χ0n) is 9.48. The van der Waals surface area contributed by atoms with Gasteiger partial charge >= 0.3 is 0 Å². The summed E-state index contributed by atoms with van der Waals surface area (Å²) in [4.78, 5) is 11.5. The largest absolute Gasteiger partial charge is 0.354 e. The molecular formula is C11H20N2O. The van der Waals surface area contributed by atoms with Gasteiger partial charge in [-0.05, 0) is 12.3 Å². The van der Waals surface area contributed by atoms with Crippen LogP contribution in [-0.2, 0) is 4.79 Å². The van der Waals surface area contributed by atoms with Gasteiger partial charge in [-0.1, -0.05) is 20.8 Å². The van der Waals surface area contributed by atoms with Crippen LogP contribution in [0.15, 0.2) is 0 Å². The monoisotopic (exact) mass is 196 g/mol. The fourth-order valence-corrected chi connectivity index (χ4v) is 0.876. The highest BCUT2D eigenvalue weighted by Crippen LogP contribution is 2.16. The summed E-state index contributed by atoms with van der Waals surface area (Å²) in [6.07, 6.45) is 0.680. The minimum Gasteiger partial charge on any atom is -0.354 e. The van der Waals surface area contributed by atoms with E-state index in [2.05, 4.69) is 17.2 Å². The Bertz CT molecular complexity index is 242. The lowest BCUT2D eigenvalue weighted by Gasteiger charge is -2.25. The van der Waals surface area contributed by atoms with Crippen LogP contribution < -0.4 is 11.1 Å². The lowest BCUT2D eigenvalue weighted by atomic mass is 9.87. The van der Waals surface area contributed by atoms with Crippen molar-refractivity contribution < 1.29 is 4.79 Å². The normalized spacial score (nSPS) is 12.6. The van der Waals surface area contributed by atoms with E-state index in [1.807, 2.05) is 20.8 Å². The fraction of sp³-hybridized carbons (Fsp3) is 0.727. The lowest BCUT2D eigenvalue weighted by molar-refractivity contribution is -0.124. The molecule has 0 rings (SSSR count). The predicted octanol–water partition coefficient (Wildman–Crippen LogP) is 0.889. The molecule has 3 heteroatoms. The van der Waals surface area contributed by atoms with Gasteiger partial charge in [0.1, 0.15) is 0 Å². The van der Waals surface area contributed by atoms with Crippen molar-refractivity contribution in [3.8, 4) is 11.8 Å². The van der Waals surface area contributed by atoms with Gasteiger partial charge < -0.3 is 11.1 Å². The Balaban J connectivity index is 3.89. The molecule has 0 saturated carbocycles. The van der Waals surface area contributed by atoms with Crippen LogP contribution in [0.25, 0.3) is 0 Å². The average Bonchev–Trinajstić information content (AvgIpc) is 2.09. The summed E-state index contributed by atoms with van der Waals surface area (Å²) in [7, 11) is 0. The minimum atomic E-state index is -0.461. The molecule has 0 aliphatic rings. The van der Waals surface area contributed by atoms with E-state index in [4.69, 9.17) is 5.73 Å². The highest BCUT2D eigenvalue weighted by molar-refractivity contribution is 5.82. The van der Waals surface area contributed by atoms with Crippen molar-refractivity contribution in [1.29, 1.82) is 0 Å². The second-order valence-electron chi connectivity index (χ2n) is 4.31. The third-order valence-corrected chi connectivity index (χ3v) is 1.94. The maximum absolute atomic E-state index is 11.5. The summed E-state index contributed by atoms with van der Waals surface area (Å²) in [6, 6.07) is -0.461. The van der Waals surface area contributed by atoms with E-state index >= 15 is 0 Å². The van der Waals surface area contributed by atoms with Crippen molar-refractivity contribution >= 4 is 5.91 Å². The molecule has 80 valence electrons. The highest BCUT2D eigenvalue weighted by Gasteiger charge is 2.26. The molecule has 0 saturated heterocycles. The fourth-order valence-electron chi connectivity index (χ4n) is 0.876. The van der Waals surface area contributed by atoms with Crippen LogP contribution >= 0.6 is 0 Å². The average molecular weight is 196 g/mol. The van der Waals surface area contributed by atoms with E-state index in [1.165, 1.54) is 0 Å².